The zero-order valence-corrected chi connectivity index (χ0v) is 12.5. The highest BCUT2D eigenvalue weighted by Gasteiger charge is 2.17. The average Bonchev–Trinajstić information content (AvgIpc) is 3.01. The van der Waals surface area contributed by atoms with Crippen LogP contribution in [0.1, 0.15) is 11.1 Å². The van der Waals surface area contributed by atoms with Crippen LogP contribution in [-0.2, 0) is 11.4 Å². The molecule has 2 aromatic carbocycles. The second kappa shape index (κ2) is 6.51. The van der Waals surface area contributed by atoms with Crippen molar-refractivity contribution in [3.8, 4) is 23.0 Å². The monoisotopic (exact) mass is 329 g/mol. The van der Waals surface area contributed by atoms with E-state index in [1.807, 2.05) is 0 Å². The number of phenolic OH excluding ortho intramolecular Hbond substituents is 1. The van der Waals surface area contributed by atoms with Crippen molar-refractivity contribution in [1.82, 2.24) is 0 Å². The van der Waals surface area contributed by atoms with Crippen molar-refractivity contribution in [2.75, 3.05) is 12.1 Å². The number of ether oxygens (including phenoxy) is 2. The third-order valence-corrected chi connectivity index (χ3v) is 3.45. The van der Waals surface area contributed by atoms with Gasteiger partial charge in [0.2, 0.25) is 12.7 Å². The Labute approximate surface area is 137 Å². The largest absolute Gasteiger partial charge is 0.508 e. The fourth-order valence-electron chi connectivity index (χ4n) is 2.21. The topological polar surface area (TPSA) is 108 Å². The van der Waals surface area contributed by atoms with Crippen molar-refractivity contribution in [3.63, 3.8) is 0 Å². The molecule has 3 rings (SSSR count). The van der Waals surface area contributed by atoms with E-state index in [4.69, 9.17) is 14.6 Å². The lowest BCUT2D eigenvalue weighted by Gasteiger charge is -2.06. The number of aromatic hydroxyl groups is 2. The zero-order chi connectivity index (χ0) is 17.1. The van der Waals surface area contributed by atoms with Gasteiger partial charge in [-0.1, -0.05) is 6.07 Å². The number of benzene rings is 2. The Morgan fingerprint density at radius 3 is 2.62 bits per heavy atom. The van der Waals surface area contributed by atoms with E-state index in [2.05, 4.69) is 5.32 Å². The summed E-state index contributed by atoms with van der Waals surface area (Å²) in [6, 6.07) is 7.46. The lowest BCUT2D eigenvalue weighted by atomic mass is 10.1. The van der Waals surface area contributed by atoms with E-state index in [-0.39, 0.29) is 30.6 Å². The van der Waals surface area contributed by atoms with Crippen molar-refractivity contribution in [3.05, 3.63) is 47.5 Å². The van der Waals surface area contributed by atoms with Crippen molar-refractivity contribution in [2.45, 2.75) is 6.61 Å². The Kier molecular flexibility index (Phi) is 4.26. The number of anilines is 1. The first-order valence-electron chi connectivity index (χ1n) is 7.11. The minimum Gasteiger partial charge on any atom is -0.508 e. The second-order valence-electron chi connectivity index (χ2n) is 5.09. The van der Waals surface area contributed by atoms with Gasteiger partial charge >= 0.3 is 0 Å². The first-order chi connectivity index (χ1) is 11.6. The van der Waals surface area contributed by atoms with Gasteiger partial charge in [0.25, 0.3) is 0 Å². The standard InChI is InChI=1S/C17H15NO6/c19-8-11-5-10(1-3-13(11)20)2-4-17(22)18-12-6-15-16(7-14(12)21)24-9-23-15/h1-7,19-21H,8-9H2,(H,18,22). The third-order valence-electron chi connectivity index (χ3n) is 3.45. The van der Waals surface area contributed by atoms with Crippen LogP contribution in [0.3, 0.4) is 0 Å². The van der Waals surface area contributed by atoms with Gasteiger partial charge in [-0.15, -0.1) is 0 Å². The number of carbonyl (C=O) groups excluding carboxylic acids is 1. The summed E-state index contributed by atoms with van der Waals surface area (Å²) in [6.07, 6.45) is 2.80. The summed E-state index contributed by atoms with van der Waals surface area (Å²) in [4.78, 5) is 12.0. The Morgan fingerprint density at radius 1 is 1.12 bits per heavy atom. The number of hydrogen-bond acceptors (Lipinski definition) is 6. The van der Waals surface area contributed by atoms with Crippen LogP contribution < -0.4 is 14.8 Å². The van der Waals surface area contributed by atoms with Gasteiger partial charge in [0.1, 0.15) is 11.5 Å². The van der Waals surface area contributed by atoms with E-state index in [0.29, 0.717) is 22.6 Å². The maximum atomic E-state index is 12.0. The average molecular weight is 329 g/mol. The van der Waals surface area contributed by atoms with Crippen LogP contribution in [0, 0.1) is 0 Å². The molecule has 7 heteroatoms. The summed E-state index contributed by atoms with van der Waals surface area (Å²) >= 11 is 0. The van der Waals surface area contributed by atoms with Gasteiger partial charge in [-0.3, -0.25) is 4.79 Å². The molecule has 0 aliphatic carbocycles. The number of aliphatic hydroxyl groups is 1. The number of amides is 1. The van der Waals surface area contributed by atoms with Gasteiger partial charge in [0, 0.05) is 23.8 Å². The molecule has 1 amide bonds. The highest BCUT2D eigenvalue weighted by molar-refractivity contribution is 6.03. The Balaban J connectivity index is 1.72. The number of carbonyl (C=O) groups is 1. The molecule has 4 N–H and O–H groups in total. The van der Waals surface area contributed by atoms with E-state index < -0.39 is 5.91 Å². The maximum absolute atomic E-state index is 12.0. The van der Waals surface area contributed by atoms with Gasteiger partial charge in [-0.05, 0) is 23.8 Å². The van der Waals surface area contributed by atoms with Crippen LogP contribution in [0.4, 0.5) is 5.69 Å². The van der Waals surface area contributed by atoms with Gasteiger partial charge in [-0.2, -0.15) is 0 Å². The molecule has 124 valence electrons. The molecule has 2 aromatic rings. The molecule has 0 aromatic heterocycles. The molecule has 1 aliphatic rings. The summed E-state index contributed by atoms with van der Waals surface area (Å²) in [7, 11) is 0. The minimum atomic E-state index is -0.456. The predicted molar refractivity (Wildman–Crippen MR) is 85.9 cm³/mol. The van der Waals surface area contributed by atoms with Crippen LogP contribution in [0.15, 0.2) is 36.4 Å². The smallest absolute Gasteiger partial charge is 0.248 e. The molecule has 1 heterocycles. The first kappa shape index (κ1) is 15.7. The van der Waals surface area contributed by atoms with E-state index in [1.54, 1.807) is 12.1 Å². The van der Waals surface area contributed by atoms with E-state index in [1.165, 1.54) is 30.4 Å². The van der Waals surface area contributed by atoms with Crippen molar-refractivity contribution >= 4 is 17.7 Å². The molecule has 0 saturated carbocycles. The van der Waals surface area contributed by atoms with Gasteiger partial charge < -0.3 is 30.1 Å². The Bertz CT molecular complexity index is 815. The van der Waals surface area contributed by atoms with Crippen molar-refractivity contribution in [1.29, 1.82) is 0 Å². The molecule has 0 spiro atoms. The summed E-state index contributed by atoms with van der Waals surface area (Å²) in [5.41, 5.74) is 1.21. The Morgan fingerprint density at radius 2 is 1.88 bits per heavy atom. The van der Waals surface area contributed by atoms with Gasteiger partial charge in [-0.25, -0.2) is 0 Å². The minimum absolute atomic E-state index is 0.00983. The van der Waals surface area contributed by atoms with Crippen molar-refractivity contribution < 1.29 is 29.6 Å². The second-order valence-corrected chi connectivity index (χ2v) is 5.09. The first-order valence-corrected chi connectivity index (χ1v) is 7.11. The highest BCUT2D eigenvalue weighted by Crippen LogP contribution is 2.40. The molecule has 0 unspecified atom stereocenters. The molecule has 0 fully saturated rings. The summed E-state index contributed by atoms with van der Waals surface area (Å²) in [5, 5.41) is 31.0. The fraction of sp³-hybridized carbons (Fsp3) is 0.118. The molecule has 7 nitrogen and oxygen atoms in total. The van der Waals surface area contributed by atoms with Crippen LogP contribution in [-0.4, -0.2) is 28.0 Å². The summed E-state index contributed by atoms with van der Waals surface area (Å²) < 4.78 is 10.3. The van der Waals surface area contributed by atoms with E-state index in [0.717, 1.165) is 0 Å². The summed E-state index contributed by atoms with van der Waals surface area (Å²) in [5.74, 6) is 0.264. The number of nitrogens with one attached hydrogen (secondary N) is 1. The number of phenols is 2. The molecule has 0 bridgehead atoms. The quantitative estimate of drug-likeness (QED) is 0.504. The SMILES string of the molecule is O=C(C=Cc1ccc(O)c(CO)c1)Nc1cc2c(cc1O)OCO2. The van der Waals surface area contributed by atoms with Crippen LogP contribution in [0.5, 0.6) is 23.0 Å². The van der Waals surface area contributed by atoms with Crippen LogP contribution >= 0.6 is 0 Å². The maximum Gasteiger partial charge on any atom is 0.248 e. The fourth-order valence-corrected chi connectivity index (χ4v) is 2.21. The molecule has 0 atom stereocenters. The number of aliphatic hydroxyl groups excluding tert-OH is 1. The van der Waals surface area contributed by atoms with E-state index in [9.17, 15) is 15.0 Å². The zero-order valence-electron chi connectivity index (χ0n) is 12.5. The lowest BCUT2D eigenvalue weighted by Crippen LogP contribution is -2.07. The van der Waals surface area contributed by atoms with Crippen molar-refractivity contribution in [2.24, 2.45) is 0 Å². The third kappa shape index (κ3) is 3.26. The Hall–Kier alpha value is -3.19. The normalized spacial score (nSPS) is 12.5. The molecular formula is C17H15NO6. The molecule has 1 aliphatic heterocycles. The molecule has 0 radical (unpaired) electrons. The molecule has 24 heavy (non-hydrogen) atoms. The summed E-state index contributed by atoms with van der Waals surface area (Å²) in [6.45, 7) is -0.231. The highest BCUT2D eigenvalue weighted by atomic mass is 16.7. The number of hydrogen-bond donors (Lipinski definition) is 4. The van der Waals surface area contributed by atoms with Gasteiger partial charge in [0.15, 0.2) is 11.5 Å². The number of fused-ring (bicyclic) bond motifs is 1. The lowest BCUT2D eigenvalue weighted by molar-refractivity contribution is -0.111. The van der Waals surface area contributed by atoms with E-state index >= 15 is 0 Å². The molecular weight excluding hydrogens is 314 g/mol. The van der Waals surface area contributed by atoms with Crippen LogP contribution in [0.25, 0.3) is 6.08 Å². The molecule has 0 saturated heterocycles. The number of rotatable bonds is 4. The van der Waals surface area contributed by atoms with Crippen LogP contribution in [0.2, 0.25) is 0 Å². The predicted octanol–water partition coefficient (Wildman–Crippen LogP) is 1.97. The van der Waals surface area contributed by atoms with Gasteiger partial charge in [0.05, 0.1) is 12.3 Å².